The van der Waals surface area contributed by atoms with Crippen LogP contribution in [0.25, 0.3) is 0 Å². The van der Waals surface area contributed by atoms with Gasteiger partial charge in [-0.3, -0.25) is 0 Å². The third-order valence-electron chi connectivity index (χ3n) is 3.90. The van der Waals surface area contributed by atoms with Gasteiger partial charge in [-0.05, 0) is 28.6 Å². The molecule has 1 aromatic heterocycles. The Morgan fingerprint density at radius 3 is 2.56 bits per heavy atom. The number of thiophene rings is 1. The van der Waals surface area contributed by atoms with Crippen LogP contribution in [0.3, 0.4) is 0 Å². The molecule has 1 atom stereocenters. The zero-order valence-corrected chi connectivity index (χ0v) is 14.9. The topological polar surface area (TPSA) is 41.5 Å². The Morgan fingerprint density at radius 1 is 0.960 bits per heavy atom. The van der Waals surface area contributed by atoms with E-state index >= 15 is 0 Å². The minimum absolute atomic E-state index is 0.281. The molecular formula is C21H23NO2S. The molecule has 0 aliphatic rings. The first kappa shape index (κ1) is 17.7. The Kier molecular flexibility index (Phi) is 6.63. The maximum atomic E-state index is 10.2. The largest absolute Gasteiger partial charge is 0.491 e. The molecule has 0 saturated heterocycles. The summed E-state index contributed by atoms with van der Waals surface area (Å²) >= 11 is 1.74. The molecule has 1 unspecified atom stereocenters. The molecule has 0 radical (unpaired) electrons. The lowest BCUT2D eigenvalue weighted by atomic mass is 10.1. The zero-order chi connectivity index (χ0) is 17.3. The second-order valence-electron chi connectivity index (χ2n) is 5.95. The van der Waals surface area contributed by atoms with Gasteiger partial charge in [0, 0.05) is 24.4 Å². The first-order valence-corrected chi connectivity index (χ1v) is 9.35. The summed E-state index contributed by atoms with van der Waals surface area (Å²) in [5.74, 6) is 0.845. The normalized spacial score (nSPS) is 12.0. The molecule has 0 fully saturated rings. The first-order valence-electron chi connectivity index (χ1n) is 8.47. The van der Waals surface area contributed by atoms with Crippen molar-refractivity contribution >= 4 is 11.3 Å². The number of benzene rings is 2. The molecule has 0 aliphatic carbocycles. The summed E-state index contributed by atoms with van der Waals surface area (Å²) in [6.07, 6.45) is 0.314. The molecule has 1 heterocycles. The fourth-order valence-electron chi connectivity index (χ4n) is 2.62. The van der Waals surface area contributed by atoms with Crippen molar-refractivity contribution in [3.8, 4) is 5.75 Å². The fraction of sp³-hybridized carbons (Fsp3) is 0.238. The maximum Gasteiger partial charge on any atom is 0.122 e. The number of hydrogen-bond acceptors (Lipinski definition) is 4. The standard InChI is InChI=1S/C21H23NO2S/c23-19(15-22-14-17-7-2-1-3-8-17)16-24-21-11-5-4-9-18(21)13-20-10-6-12-25-20/h1-12,19,22-23H,13-16H2. The van der Waals surface area contributed by atoms with Gasteiger partial charge in [-0.15, -0.1) is 11.3 Å². The summed E-state index contributed by atoms with van der Waals surface area (Å²) in [5, 5.41) is 15.5. The van der Waals surface area contributed by atoms with Crippen LogP contribution >= 0.6 is 11.3 Å². The first-order chi connectivity index (χ1) is 12.3. The van der Waals surface area contributed by atoms with Crippen molar-refractivity contribution in [2.24, 2.45) is 0 Å². The number of para-hydroxylation sites is 1. The van der Waals surface area contributed by atoms with Crippen LogP contribution in [0, 0.1) is 0 Å². The van der Waals surface area contributed by atoms with E-state index in [1.165, 1.54) is 10.4 Å². The quantitative estimate of drug-likeness (QED) is 0.614. The number of ether oxygens (including phenoxy) is 1. The molecular weight excluding hydrogens is 330 g/mol. The van der Waals surface area contributed by atoms with Crippen molar-refractivity contribution in [2.75, 3.05) is 13.2 Å². The molecule has 0 spiro atoms. The maximum absolute atomic E-state index is 10.2. The van der Waals surface area contributed by atoms with Crippen LogP contribution in [0.2, 0.25) is 0 Å². The van der Waals surface area contributed by atoms with Gasteiger partial charge >= 0.3 is 0 Å². The molecule has 0 amide bonds. The van der Waals surface area contributed by atoms with Crippen LogP contribution in [0.5, 0.6) is 5.75 Å². The van der Waals surface area contributed by atoms with E-state index in [4.69, 9.17) is 4.74 Å². The fourth-order valence-corrected chi connectivity index (χ4v) is 3.34. The number of nitrogens with one attached hydrogen (secondary N) is 1. The van der Waals surface area contributed by atoms with E-state index < -0.39 is 6.10 Å². The minimum atomic E-state index is -0.543. The van der Waals surface area contributed by atoms with Gasteiger partial charge in [0.25, 0.3) is 0 Å². The van der Waals surface area contributed by atoms with Gasteiger partial charge in [0.1, 0.15) is 18.5 Å². The molecule has 4 heteroatoms. The van der Waals surface area contributed by atoms with Crippen molar-refractivity contribution in [1.29, 1.82) is 0 Å². The smallest absolute Gasteiger partial charge is 0.122 e. The second-order valence-corrected chi connectivity index (χ2v) is 6.98. The number of aliphatic hydroxyl groups excluding tert-OH is 1. The van der Waals surface area contributed by atoms with Gasteiger partial charge in [-0.2, -0.15) is 0 Å². The van der Waals surface area contributed by atoms with Crippen LogP contribution < -0.4 is 10.1 Å². The van der Waals surface area contributed by atoms with Gasteiger partial charge in [0.15, 0.2) is 0 Å². The van der Waals surface area contributed by atoms with E-state index in [1.807, 2.05) is 36.4 Å². The average Bonchev–Trinajstić information content (AvgIpc) is 3.15. The molecule has 0 saturated carbocycles. The lowest BCUT2D eigenvalue weighted by molar-refractivity contribution is 0.106. The van der Waals surface area contributed by atoms with Crippen molar-refractivity contribution < 1.29 is 9.84 Å². The summed E-state index contributed by atoms with van der Waals surface area (Å²) in [4.78, 5) is 1.31. The van der Waals surface area contributed by atoms with Crippen molar-refractivity contribution in [3.63, 3.8) is 0 Å². The summed E-state index contributed by atoms with van der Waals surface area (Å²) in [7, 11) is 0. The summed E-state index contributed by atoms with van der Waals surface area (Å²) < 4.78 is 5.87. The second kappa shape index (κ2) is 9.37. The highest BCUT2D eigenvalue weighted by Crippen LogP contribution is 2.23. The molecule has 3 rings (SSSR count). The summed E-state index contributed by atoms with van der Waals surface area (Å²) in [6, 6.07) is 22.4. The summed E-state index contributed by atoms with van der Waals surface area (Å²) in [5.41, 5.74) is 2.35. The minimum Gasteiger partial charge on any atom is -0.491 e. The Labute approximate surface area is 152 Å². The molecule has 2 aromatic carbocycles. The van der Waals surface area contributed by atoms with Gasteiger partial charge in [-0.1, -0.05) is 54.6 Å². The Morgan fingerprint density at radius 2 is 1.76 bits per heavy atom. The molecule has 3 aromatic rings. The third kappa shape index (κ3) is 5.71. The van der Waals surface area contributed by atoms with Crippen LogP contribution in [0.4, 0.5) is 0 Å². The summed E-state index contributed by atoms with van der Waals surface area (Å²) in [6.45, 7) is 1.53. The Hall–Kier alpha value is -2.14. The molecule has 0 bridgehead atoms. The molecule has 3 nitrogen and oxygen atoms in total. The molecule has 0 aliphatic heterocycles. The zero-order valence-electron chi connectivity index (χ0n) is 14.1. The average molecular weight is 353 g/mol. The highest BCUT2D eigenvalue weighted by atomic mass is 32.1. The van der Waals surface area contributed by atoms with E-state index in [2.05, 4.69) is 41.0 Å². The van der Waals surface area contributed by atoms with Crippen LogP contribution in [0.1, 0.15) is 16.0 Å². The van der Waals surface area contributed by atoms with Crippen LogP contribution in [-0.4, -0.2) is 24.4 Å². The highest BCUT2D eigenvalue weighted by molar-refractivity contribution is 7.09. The van der Waals surface area contributed by atoms with Crippen molar-refractivity contribution in [2.45, 2.75) is 19.1 Å². The van der Waals surface area contributed by atoms with Crippen molar-refractivity contribution in [1.82, 2.24) is 5.32 Å². The van der Waals surface area contributed by atoms with E-state index in [1.54, 1.807) is 11.3 Å². The predicted octanol–water partition coefficient (Wildman–Crippen LogP) is 3.87. The number of hydrogen-bond donors (Lipinski definition) is 2. The third-order valence-corrected chi connectivity index (χ3v) is 4.78. The Balaban J connectivity index is 1.46. The van der Waals surface area contributed by atoms with Crippen molar-refractivity contribution in [3.05, 3.63) is 88.1 Å². The molecule has 130 valence electrons. The molecule has 25 heavy (non-hydrogen) atoms. The van der Waals surface area contributed by atoms with Crippen LogP contribution in [0.15, 0.2) is 72.1 Å². The highest BCUT2D eigenvalue weighted by Gasteiger charge is 2.09. The monoisotopic (exact) mass is 353 g/mol. The van der Waals surface area contributed by atoms with Gasteiger partial charge in [0.2, 0.25) is 0 Å². The molecule has 2 N–H and O–H groups in total. The Bertz CT molecular complexity index is 744. The van der Waals surface area contributed by atoms with Gasteiger partial charge < -0.3 is 15.2 Å². The number of rotatable bonds is 9. The van der Waals surface area contributed by atoms with E-state index in [9.17, 15) is 5.11 Å². The SMILES string of the molecule is OC(CNCc1ccccc1)COc1ccccc1Cc1cccs1. The predicted molar refractivity (Wildman–Crippen MR) is 103 cm³/mol. The van der Waals surface area contributed by atoms with E-state index in [-0.39, 0.29) is 6.61 Å². The van der Waals surface area contributed by atoms with E-state index in [0.29, 0.717) is 6.54 Å². The lowest BCUT2D eigenvalue weighted by Crippen LogP contribution is -2.31. The van der Waals surface area contributed by atoms with E-state index in [0.717, 1.165) is 24.3 Å². The lowest BCUT2D eigenvalue weighted by Gasteiger charge is -2.15. The van der Waals surface area contributed by atoms with Gasteiger partial charge in [-0.25, -0.2) is 0 Å². The van der Waals surface area contributed by atoms with Crippen LogP contribution in [-0.2, 0) is 13.0 Å². The number of aliphatic hydroxyl groups is 1. The van der Waals surface area contributed by atoms with Gasteiger partial charge in [0.05, 0.1) is 0 Å².